The van der Waals surface area contributed by atoms with Gasteiger partial charge in [0.1, 0.15) is 6.04 Å². The first-order valence-electron chi connectivity index (χ1n) is 5.04. The molecule has 1 atom stereocenters. The largest absolute Gasteiger partial charge is 0.480 e. The predicted molar refractivity (Wildman–Crippen MR) is 58.0 cm³/mol. The highest BCUT2D eigenvalue weighted by atomic mass is 16.5. The third kappa shape index (κ3) is 2.88. The lowest BCUT2D eigenvalue weighted by Crippen LogP contribution is -2.28. The molecule has 1 heterocycles. The van der Waals surface area contributed by atoms with E-state index in [2.05, 4.69) is 15.5 Å². The molecule has 2 rings (SSSR count). The summed E-state index contributed by atoms with van der Waals surface area (Å²) in [6, 6.07) is 8.13. The minimum absolute atomic E-state index is 0.214. The molecule has 0 aliphatic rings. The molecule has 0 radical (unpaired) electrons. The molecule has 0 aliphatic heterocycles. The van der Waals surface area contributed by atoms with Crippen LogP contribution in [-0.4, -0.2) is 21.2 Å². The minimum Gasteiger partial charge on any atom is -0.480 e. The zero-order valence-electron chi connectivity index (χ0n) is 8.91. The summed E-state index contributed by atoms with van der Waals surface area (Å²) < 4.78 is 4.78. The van der Waals surface area contributed by atoms with Crippen molar-refractivity contribution in [1.29, 1.82) is 0 Å². The fourth-order valence-corrected chi connectivity index (χ4v) is 1.46. The number of aromatic nitrogens is 2. The summed E-state index contributed by atoms with van der Waals surface area (Å²) in [7, 11) is 0. The van der Waals surface area contributed by atoms with Crippen LogP contribution in [0.2, 0.25) is 0 Å². The molecule has 0 fully saturated rings. The standard InChI is InChI=1S/C11H11N3O3/c15-11(16)10(8-4-2-1-3-5-8)12-6-9-13-7-14-17-9/h1-5,7,10,12H,6H2,(H,15,16). The smallest absolute Gasteiger partial charge is 0.325 e. The Morgan fingerprint density at radius 2 is 2.18 bits per heavy atom. The Hall–Kier alpha value is -2.21. The Bertz CT molecular complexity index is 470. The topological polar surface area (TPSA) is 88.2 Å². The summed E-state index contributed by atoms with van der Waals surface area (Å²) in [5, 5.41) is 15.4. The molecule has 88 valence electrons. The van der Waals surface area contributed by atoms with E-state index in [1.54, 1.807) is 24.3 Å². The predicted octanol–water partition coefficient (Wildman–Crippen LogP) is 0.985. The van der Waals surface area contributed by atoms with Crippen molar-refractivity contribution in [3.63, 3.8) is 0 Å². The molecule has 2 N–H and O–H groups in total. The number of rotatable bonds is 5. The van der Waals surface area contributed by atoms with Gasteiger partial charge in [-0.15, -0.1) is 0 Å². The maximum absolute atomic E-state index is 11.1. The molecular weight excluding hydrogens is 222 g/mol. The number of aliphatic carboxylic acids is 1. The van der Waals surface area contributed by atoms with Crippen molar-refractivity contribution >= 4 is 5.97 Å². The first-order valence-corrected chi connectivity index (χ1v) is 5.04. The number of nitrogens with zero attached hydrogens (tertiary/aromatic N) is 2. The average Bonchev–Trinajstić information content (AvgIpc) is 2.83. The van der Waals surface area contributed by atoms with Crippen molar-refractivity contribution in [3.8, 4) is 0 Å². The van der Waals surface area contributed by atoms with Crippen LogP contribution in [0.1, 0.15) is 17.5 Å². The number of hydrogen-bond acceptors (Lipinski definition) is 5. The third-order valence-corrected chi connectivity index (χ3v) is 2.24. The van der Waals surface area contributed by atoms with Gasteiger partial charge in [-0.05, 0) is 5.56 Å². The molecule has 1 unspecified atom stereocenters. The minimum atomic E-state index is -0.948. The average molecular weight is 233 g/mol. The van der Waals surface area contributed by atoms with Gasteiger partial charge in [0.05, 0.1) is 6.54 Å². The van der Waals surface area contributed by atoms with E-state index in [4.69, 9.17) is 9.63 Å². The molecule has 1 aromatic heterocycles. The lowest BCUT2D eigenvalue weighted by Gasteiger charge is -2.13. The summed E-state index contributed by atoms with van der Waals surface area (Å²) in [5.41, 5.74) is 0.680. The van der Waals surface area contributed by atoms with Crippen molar-refractivity contribution in [2.75, 3.05) is 0 Å². The van der Waals surface area contributed by atoms with Crippen molar-refractivity contribution in [3.05, 3.63) is 48.1 Å². The van der Waals surface area contributed by atoms with E-state index in [0.717, 1.165) is 0 Å². The maximum atomic E-state index is 11.1. The van der Waals surface area contributed by atoms with Crippen LogP contribution in [0, 0.1) is 0 Å². The molecule has 0 bridgehead atoms. The number of hydrogen-bond donors (Lipinski definition) is 2. The monoisotopic (exact) mass is 233 g/mol. The molecule has 0 aliphatic carbocycles. The fourth-order valence-electron chi connectivity index (χ4n) is 1.46. The van der Waals surface area contributed by atoms with Crippen LogP contribution < -0.4 is 5.32 Å². The maximum Gasteiger partial charge on any atom is 0.325 e. The van der Waals surface area contributed by atoms with Crippen LogP contribution >= 0.6 is 0 Å². The Labute approximate surface area is 97.3 Å². The molecule has 17 heavy (non-hydrogen) atoms. The van der Waals surface area contributed by atoms with Gasteiger partial charge in [-0.25, -0.2) is 0 Å². The highest BCUT2D eigenvalue weighted by molar-refractivity contribution is 5.75. The molecule has 0 spiro atoms. The van der Waals surface area contributed by atoms with E-state index in [1.807, 2.05) is 6.07 Å². The summed E-state index contributed by atoms with van der Waals surface area (Å²) in [4.78, 5) is 14.9. The Morgan fingerprint density at radius 3 is 2.76 bits per heavy atom. The van der Waals surface area contributed by atoms with Gasteiger partial charge in [-0.2, -0.15) is 4.98 Å². The Morgan fingerprint density at radius 1 is 1.41 bits per heavy atom. The zero-order valence-corrected chi connectivity index (χ0v) is 8.91. The number of benzene rings is 1. The summed E-state index contributed by atoms with van der Waals surface area (Å²) in [6.45, 7) is 0.214. The molecule has 6 heteroatoms. The lowest BCUT2D eigenvalue weighted by molar-refractivity contribution is -0.139. The van der Waals surface area contributed by atoms with Gasteiger partial charge in [-0.3, -0.25) is 10.1 Å². The summed E-state index contributed by atoms with van der Waals surface area (Å²) >= 11 is 0. The van der Waals surface area contributed by atoms with Crippen molar-refractivity contribution in [2.45, 2.75) is 12.6 Å². The second-order valence-electron chi connectivity index (χ2n) is 3.40. The van der Waals surface area contributed by atoms with Crippen molar-refractivity contribution < 1.29 is 14.4 Å². The van der Waals surface area contributed by atoms with Gasteiger partial charge in [-0.1, -0.05) is 35.5 Å². The molecule has 0 saturated carbocycles. The van der Waals surface area contributed by atoms with Gasteiger partial charge in [0, 0.05) is 0 Å². The molecule has 0 amide bonds. The number of nitrogens with one attached hydrogen (secondary N) is 1. The Kier molecular flexibility index (Phi) is 3.46. The van der Waals surface area contributed by atoms with E-state index in [1.165, 1.54) is 6.33 Å². The third-order valence-electron chi connectivity index (χ3n) is 2.24. The summed E-state index contributed by atoms with van der Waals surface area (Å²) in [5.74, 6) is -0.595. The quantitative estimate of drug-likeness (QED) is 0.800. The van der Waals surface area contributed by atoms with Gasteiger partial charge >= 0.3 is 5.97 Å². The molecular formula is C11H11N3O3. The van der Waals surface area contributed by atoms with Gasteiger partial charge in [0.25, 0.3) is 0 Å². The van der Waals surface area contributed by atoms with E-state index in [9.17, 15) is 4.79 Å². The van der Waals surface area contributed by atoms with E-state index >= 15 is 0 Å². The lowest BCUT2D eigenvalue weighted by atomic mass is 10.1. The van der Waals surface area contributed by atoms with Crippen LogP contribution in [0.3, 0.4) is 0 Å². The van der Waals surface area contributed by atoms with Gasteiger partial charge in [0.2, 0.25) is 5.89 Å². The van der Waals surface area contributed by atoms with E-state index in [-0.39, 0.29) is 6.54 Å². The second kappa shape index (κ2) is 5.22. The van der Waals surface area contributed by atoms with Crippen molar-refractivity contribution in [1.82, 2.24) is 15.5 Å². The van der Waals surface area contributed by atoms with E-state index < -0.39 is 12.0 Å². The number of carboxylic acid groups (broad SMARTS) is 1. The normalized spacial score (nSPS) is 12.2. The van der Waals surface area contributed by atoms with Crippen LogP contribution in [0.4, 0.5) is 0 Å². The van der Waals surface area contributed by atoms with Crippen LogP contribution in [0.15, 0.2) is 41.2 Å². The fraction of sp³-hybridized carbons (Fsp3) is 0.182. The second-order valence-corrected chi connectivity index (χ2v) is 3.40. The molecule has 6 nitrogen and oxygen atoms in total. The van der Waals surface area contributed by atoms with Gasteiger partial charge in [0.15, 0.2) is 6.33 Å². The highest BCUT2D eigenvalue weighted by Gasteiger charge is 2.19. The summed E-state index contributed by atoms with van der Waals surface area (Å²) in [6.07, 6.45) is 1.27. The van der Waals surface area contributed by atoms with Crippen molar-refractivity contribution in [2.24, 2.45) is 0 Å². The Balaban J connectivity index is 2.06. The SMILES string of the molecule is O=C(O)C(NCc1ncno1)c1ccccc1. The van der Waals surface area contributed by atoms with E-state index in [0.29, 0.717) is 11.5 Å². The molecule has 1 aromatic carbocycles. The van der Waals surface area contributed by atoms with Crippen LogP contribution in [0.5, 0.6) is 0 Å². The first kappa shape index (κ1) is 11.3. The molecule has 0 saturated heterocycles. The zero-order chi connectivity index (χ0) is 12.1. The van der Waals surface area contributed by atoms with Crippen LogP contribution in [0.25, 0.3) is 0 Å². The first-order chi connectivity index (χ1) is 8.27. The highest BCUT2D eigenvalue weighted by Crippen LogP contribution is 2.13. The van der Waals surface area contributed by atoms with Gasteiger partial charge < -0.3 is 9.63 Å². The molecule has 2 aromatic rings. The number of carbonyl (C=O) groups is 1. The van der Waals surface area contributed by atoms with Crippen LogP contribution in [-0.2, 0) is 11.3 Å². The number of carboxylic acids is 1.